The molecule has 2 saturated heterocycles. The number of Topliss-reactive ketones (excluding diaryl/α,β-unsaturated/α-hetero) is 1. The highest BCUT2D eigenvalue weighted by molar-refractivity contribution is 5.84. The van der Waals surface area contributed by atoms with Gasteiger partial charge < -0.3 is 9.47 Å². The first-order valence-electron chi connectivity index (χ1n) is 5.48. The van der Waals surface area contributed by atoms with Crippen molar-refractivity contribution in [1.82, 2.24) is 0 Å². The molecule has 0 unspecified atom stereocenters. The summed E-state index contributed by atoms with van der Waals surface area (Å²) >= 11 is 0. The molecule has 0 saturated carbocycles. The van der Waals surface area contributed by atoms with Gasteiger partial charge >= 0.3 is 0 Å². The number of rotatable bonds is 1. The van der Waals surface area contributed by atoms with Crippen molar-refractivity contribution in [1.29, 1.82) is 0 Å². The van der Waals surface area contributed by atoms with Crippen molar-refractivity contribution in [3.8, 4) is 0 Å². The van der Waals surface area contributed by atoms with Gasteiger partial charge in [-0.3, -0.25) is 4.79 Å². The zero-order valence-electron chi connectivity index (χ0n) is 8.86. The molecule has 0 aromatic heterocycles. The van der Waals surface area contributed by atoms with Crippen LogP contribution in [0.2, 0.25) is 0 Å². The normalized spacial score (nSPS) is 38.5. The van der Waals surface area contributed by atoms with Gasteiger partial charge in [0.25, 0.3) is 0 Å². The van der Waals surface area contributed by atoms with Crippen molar-refractivity contribution in [2.75, 3.05) is 6.61 Å². The van der Waals surface area contributed by atoms with Crippen LogP contribution in [0.4, 0.5) is 0 Å². The molecule has 2 fully saturated rings. The van der Waals surface area contributed by atoms with E-state index < -0.39 is 0 Å². The van der Waals surface area contributed by atoms with E-state index in [1.807, 2.05) is 13.8 Å². The van der Waals surface area contributed by atoms with Crippen molar-refractivity contribution in [3.05, 3.63) is 0 Å². The SMILES string of the molecule is CC(C)[C@H]1O[C@H]2CCCO[C@H]2CC1=O. The van der Waals surface area contributed by atoms with E-state index in [0.717, 1.165) is 19.4 Å². The number of carbonyl (C=O) groups is 1. The van der Waals surface area contributed by atoms with E-state index in [1.165, 1.54) is 0 Å². The van der Waals surface area contributed by atoms with Crippen molar-refractivity contribution in [2.24, 2.45) is 5.92 Å². The van der Waals surface area contributed by atoms with Crippen LogP contribution in [-0.2, 0) is 14.3 Å². The van der Waals surface area contributed by atoms with E-state index in [-0.39, 0.29) is 30.0 Å². The summed E-state index contributed by atoms with van der Waals surface area (Å²) in [6.07, 6.45) is 2.65. The van der Waals surface area contributed by atoms with Crippen LogP contribution in [0.1, 0.15) is 33.1 Å². The molecule has 0 N–H and O–H groups in total. The third-order valence-corrected chi connectivity index (χ3v) is 3.03. The van der Waals surface area contributed by atoms with Crippen LogP contribution in [0, 0.1) is 5.92 Å². The maximum absolute atomic E-state index is 11.7. The molecule has 0 bridgehead atoms. The molecule has 3 heteroatoms. The number of hydrogen-bond donors (Lipinski definition) is 0. The Bertz CT molecular complexity index is 225. The van der Waals surface area contributed by atoms with Crippen LogP contribution >= 0.6 is 0 Å². The minimum Gasteiger partial charge on any atom is -0.375 e. The molecule has 80 valence electrons. The Labute approximate surface area is 84.8 Å². The highest BCUT2D eigenvalue weighted by atomic mass is 16.6. The summed E-state index contributed by atoms with van der Waals surface area (Å²) in [5.74, 6) is 0.494. The first kappa shape index (κ1) is 10.1. The summed E-state index contributed by atoms with van der Waals surface area (Å²) in [6.45, 7) is 4.85. The van der Waals surface area contributed by atoms with E-state index in [1.54, 1.807) is 0 Å². The Morgan fingerprint density at radius 2 is 2.14 bits per heavy atom. The standard InChI is InChI=1S/C11H18O3/c1-7(2)11-8(12)6-10-9(14-11)4-3-5-13-10/h7,9-11H,3-6H2,1-2H3/t9-,10-,11+/m0/s1. The maximum Gasteiger partial charge on any atom is 0.164 e. The summed E-state index contributed by atoms with van der Waals surface area (Å²) in [5, 5.41) is 0. The molecule has 2 aliphatic heterocycles. The second kappa shape index (κ2) is 3.99. The van der Waals surface area contributed by atoms with Gasteiger partial charge in [0.05, 0.1) is 12.2 Å². The Morgan fingerprint density at radius 1 is 1.36 bits per heavy atom. The largest absolute Gasteiger partial charge is 0.375 e. The van der Waals surface area contributed by atoms with Gasteiger partial charge in [-0.1, -0.05) is 13.8 Å². The predicted octanol–water partition coefficient (Wildman–Crippen LogP) is 1.55. The zero-order valence-corrected chi connectivity index (χ0v) is 8.86. The molecular weight excluding hydrogens is 180 g/mol. The molecule has 0 aliphatic carbocycles. The monoisotopic (exact) mass is 198 g/mol. The Hall–Kier alpha value is -0.410. The lowest BCUT2D eigenvalue weighted by Crippen LogP contribution is -2.49. The van der Waals surface area contributed by atoms with Gasteiger partial charge in [0.1, 0.15) is 6.10 Å². The average Bonchev–Trinajstić information content (AvgIpc) is 2.16. The fourth-order valence-corrected chi connectivity index (χ4v) is 2.27. The highest BCUT2D eigenvalue weighted by Gasteiger charge is 2.39. The Morgan fingerprint density at radius 3 is 2.86 bits per heavy atom. The molecular formula is C11H18O3. The van der Waals surface area contributed by atoms with Crippen LogP contribution in [0.5, 0.6) is 0 Å². The molecule has 2 heterocycles. The number of ether oxygens (including phenoxy) is 2. The number of hydrogen-bond acceptors (Lipinski definition) is 3. The summed E-state index contributed by atoms with van der Waals surface area (Å²) in [6, 6.07) is 0. The van der Waals surface area contributed by atoms with Gasteiger partial charge in [-0.15, -0.1) is 0 Å². The van der Waals surface area contributed by atoms with E-state index in [4.69, 9.17) is 9.47 Å². The van der Waals surface area contributed by atoms with E-state index in [0.29, 0.717) is 6.42 Å². The minimum absolute atomic E-state index is 0.0336. The summed E-state index contributed by atoms with van der Waals surface area (Å²) in [5.41, 5.74) is 0. The minimum atomic E-state index is -0.196. The van der Waals surface area contributed by atoms with Crippen LogP contribution in [0.25, 0.3) is 0 Å². The molecule has 2 aliphatic rings. The topological polar surface area (TPSA) is 35.5 Å². The first-order valence-corrected chi connectivity index (χ1v) is 5.48. The summed E-state index contributed by atoms with van der Waals surface area (Å²) < 4.78 is 11.3. The van der Waals surface area contributed by atoms with Crippen LogP contribution in [0.15, 0.2) is 0 Å². The predicted molar refractivity (Wildman–Crippen MR) is 52.1 cm³/mol. The van der Waals surface area contributed by atoms with Crippen molar-refractivity contribution in [2.45, 2.75) is 51.4 Å². The van der Waals surface area contributed by atoms with E-state index in [9.17, 15) is 4.79 Å². The molecule has 0 aromatic rings. The van der Waals surface area contributed by atoms with Crippen molar-refractivity contribution < 1.29 is 14.3 Å². The maximum atomic E-state index is 11.7. The lowest BCUT2D eigenvalue weighted by molar-refractivity contribution is -0.182. The molecule has 0 amide bonds. The Kier molecular flexibility index (Phi) is 2.88. The third-order valence-electron chi connectivity index (χ3n) is 3.03. The fraction of sp³-hybridized carbons (Fsp3) is 0.909. The molecule has 3 nitrogen and oxygen atoms in total. The van der Waals surface area contributed by atoms with E-state index in [2.05, 4.69) is 0 Å². The molecule has 14 heavy (non-hydrogen) atoms. The highest BCUT2D eigenvalue weighted by Crippen LogP contribution is 2.29. The molecule has 0 aromatic carbocycles. The molecule has 2 rings (SSSR count). The fourth-order valence-electron chi connectivity index (χ4n) is 2.27. The van der Waals surface area contributed by atoms with Gasteiger partial charge in [-0.2, -0.15) is 0 Å². The quantitative estimate of drug-likeness (QED) is 0.641. The summed E-state index contributed by atoms with van der Waals surface area (Å²) in [4.78, 5) is 11.7. The number of ketones is 1. The molecule has 0 radical (unpaired) electrons. The van der Waals surface area contributed by atoms with Crippen molar-refractivity contribution in [3.63, 3.8) is 0 Å². The van der Waals surface area contributed by atoms with Gasteiger partial charge in [-0.05, 0) is 18.8 Å². The van der Waals surface area contributed by atoms with Gasteiger partial charge in [0.2, 0.25) is 0 Å². The van der Waals surface area contributed by atoms with Gasteiger partial charge in [-0.25, -0.2) is 0 Å². The first-order chi connectivity index (χ1) is 6.68. The van der Waals surface area contributed by atoms with Crippen LogP contribution in [0.3, 0.4) is 0 Å². The van der Waals surface area contributed by atoms with Crippen molar-refractivity contribution >= 4 is 5.78 Å². The number of carbonyl (C=O) groups excluding carboxylic acids is 1. The average molecular weight is 198 g/mol. The smallest absolute Gasteiger partial charge is 0.164 e. The number of fused-ring (bicyclic) bond motifs is 1. The van der Waals surface area contributed by atoms with E-state index >= 15 is 0 Å². The molecule has 3 atom stereocenters. The van der Waals surface area contributed by atoms with Crippen LogP contribution in [-0.4, -0.2) is 30.7 Å². The second-order valence-corrected chi connectivity index (χ2v) is 4.56. The summed E-state index contributed by atoms with van der Waals surface area (Å²) in [7, 11) is 0. The third kappa shape index (κ3) is 1.84. The lowest BCUT2D eigenvalue weighted by Gasteiger charge is -2.39. The van der Waals surface area contributed by atoms with Gasteiger partial charge in [0.15, 0.2) is 5.78 Å². The van der Waals surface area contributed by atoms with Crippen LogP contribution < -0.4 is 0 Å². The lowest BCUT2D eigenvalue weighted by atomic mass is 9.90. The van der Waals surface area contributed by atoms with Gasteiger partial charge in [0, 0.05) is 13.0 Å². The zero-order chi connectivity index (χ0) is 10.1. The second-order valence-electron chi connectivity index (χ2n) is 4.56. The Balaban J connectivity index is 2.03. The molecule has 0 spiro atoms.